The van der Waals surface area contributed by atoms with Crippen LogP contribution in [-0.2, 0) is 19.4 Å². The molecular weight excluding hydrogens is 328 g/mol. The maximum absolute atomic E-state index is 3.48. The molecule has 2 aromatic carbocycles. The zero-order valence-corrected chi connectivity index (χ0v) is 16.6. The molecule has 0 saturated heterocycles. The average molecular weight is 362 g/mol. The van der Waals surface area contributed by atoms with Gasteiger partial charge in [-0.15, -0.1) is 0 Å². The number of aromatic nitrogens is 2. The van der Waals surface area contributed by atoms with Crippen LogP contribution in [0.15, 0.2) is 73.1 Å². The Bertz CT molecular complexity index is 761. The number of nitrogens with one attached hydrogen (secondary N) is 1. The number of nitrogens with zero attached hydrogens (tertiary/aromatic N) is 1. The Morgan fingerprint density at radius 1 is 0.852 bits per heavy atom. The molecule has 0 bridgehead atoms. The number of benzene rings is 2. The molecule has 0 spiro atoms. The van der Waals surface area contributed by atoms with Crippen LogP contribution in [0.5, 0.6) is 0 Å². The average Bonchev–Trinajstić information content (AvgIpc) is 3.16. The molecule has 0 aliphatic carbocycles. The van der Waals surface area contributed by atoms with E-state index in [4.69, 9.17) is 0 Å². The number of unbranched alkanes of at least 4 members (excludes halogenated alkanes) is 4. The van der Waals surface area contributed by atoms with Crippen LogP contribution in [0.1, 0.15) is 61.9 Å². The van der Waals surface area contributed by atoms with Gasteiger partial charge in [-0.3, -0.25) is 0 Å². The van der Waals surface area contributed by atoms with Crippen LogP contribution in [0.3, 0.4) is 0 Å². The van der Waals surface area contributed by atoms with Crippen molar-refractivity contribution in [2.24, 2.45) is 0 Å². The van der Waals surface area contributed by atoms with Gasteiger partial charge in [0.05, 0.1) is 6.54 Å². The number of rotatable bonds is 11. The second-order valence-electron chi connectivity index (χ2n) is 7.52. The summed E-state index contributed by atoms with van der Waals surface area (Å²) in [6.07, 6.45) is 13.1. The van der Waals surface area contributed by atoms with E-state index in [1.54, 1.807) is 0 Å². The van der Waals surface area contributed by atoms with E-state index in [0.29, 0.717) is 5.92 Å². The van der Waals surface area contributed by atoms with E-state index in [-0.39, 0.29) is 0 Å². The fourth-order valence-electron chi connectivity index (χ4n) is 3.83. The largest absolute Gasteiger partial charge is 0.254 e. The topological polar surface area (TPSA) is 19.7 Å². The molecule has 142 valence electrons. The van der Waals surface area contributed by atoms with Crippen molar-refractivity contribution in [1.82, 2.24) is 4.98 Å². The van der Waals surface area contributed by atoms with Gasteiger partial charge in [0.15, 0.2) is 0 Å². The van der Waals surface area contributed by atoms with Crippen LogP contribution >= 0.6 is 0 Å². The highest BCUT2D eigenvalue weighted by atomic mass is 15.1. The van der Waals surface area contributed by atoms with E-state index in [2.05, 4.69) is 89.5 Å². The molecule has 0 amide bonds. The summed E-state index contributed by atoms with van der Waals surface area (Å²) in [7, 11) is 0. The lowest BCUT2D eigenvalue weighted by Crippen LogP contribution is -2.39. The van der Waals surface area contributed by atoms with Crippen molar-refractivity contribution in [2.45, 2.75) is 64.3 Å². The standard InChI is InChI=1S/C25H32N2/c1-2-3-4-5-12-17-25-26-18-19-27(25)21-24(23-15-10-7-11-16-23)20-22-13-8-6-9-14-22/h6-11,13-16,18-19,24H,2-5,12,17,20-21H2,1H3/p+1. The molecule has 3 rings (SSSR count). The van der Waals surface area contributed by atoms with E-state index in [1.807, 2.05) is 0 Å². The molecule has 1 aromatic heterocycles. The van der Waals surface area contributed by atoms with Crippen LogP contribution < -0.4 is 4.57 Å². The second kappa shape index (κ2) is 10.7. The van der Waals surface area contributed by atoms with Crippen molar-refractivity contribution in [2.75, 3.05) is 0 Å². The smallest absolute Gasteiger partial charge is 0.248 e. The third kappa shape index (κ3) is 6.09. The van der Waals surface area contributed by atoms with Gasteiger partial charge in [0, 0.05) is 12.3 Å². The van der Waals surface area contributed by atoms with Crippen molar-refractivity contribution < 1.29 is 4.57 Å². The maximum Gasteiger partial charge on any atom is 0.254 e. The summed E-state index contributed by atoms with van der Waals surface area (Å²) in [6, 6.07) is 21.8. The molecule has 0 fully saturated rings. The zero-order valence-electron chi connectivity index (χ0n) is 16.6. The highest BCUT2D eigenvalue weighted by Crippen LogP contribution is 2.21. The van der Waals surface area contributed by atoms with Crippen molar-refractivity contribution in [3.63, 3.8) is 0 Å². The van der Waals surface area contributed by atoms with Gasteiger partial charge in [-0.05, 0) is 24.0 Å². The predicted octanol–water partition coefficient (Wildman–Crippen LogP) is 5.84. The van der Waals surface area contributed by atoms with E-state index < -0.39 is 0 Å². The lowest BCUT2D eigenvalue weighted by molar-refractivity contribution is -0.705. The minimum atomic E-state index is 0.480. The van der Waals surface area contributed by atoms with Gasteiger partial charge < -0.3 is 0 Å². The number of hydrogen-bond acceptors (Lipinski definition) is 0. The fourth-order valence-corrected chi connectivity index (χ4v) is 3.83. The van der Waals surface area contributed by atoms with Gasteiger partial charge in [0.25, 0.3) is 5.82 Å². The zero-order chi connectivity index (χ0) is 18.7. The number of aryl methyl sites for hydroxylation is 1. The Balaban J connectivity index is 1.68. The van der Waals surface area contributed by atoms with Gasteiger partial charge in [0.2, 0.25) is 0 Å². The third-order valence-electron chi connectivity index (χ3n) is 5.38. The number of H-pyrrole nitrogens is 1. The van der Waals surface area contributed by atoms with Crippen LogP contribution in [0.4, 0.5) is 0 Å². The first-order valence-corrected chi connectivity index (χ1v) is 10.5. The fraction of sp³-hybridized carbons (Fsp3) is 0.400. The Morgan fingerprint density at radius 3 is 2.30 bits per heavy atom. The van der Waals surface area contributed by atoms with Crippen LogP contribution in [0, 0.1) is 0 Å². The molecular formula is C25H33N2+. The highest BCUT2D eigenvalue weighted by molar-refractivity contribution is 5.23. The van der Waals surface area contributed by atoms with Gasteiger partial charge in [0.1, 0.15) is 12.4 Å². The lowest BCUT2D eigenvalue weighted by Gasteiger charge is -2.16. The summed E-state index contributed by atoms with van der Waals surface area (Å²) < 4.78 is 2.43. The normalized spacial score (nSPS) is 12.2. The summed E-state index contributed by atoms with van der Waals surface area (Å²) in [6.45, 7) is 3.29. The second-order valence-corrected chi connectivity index (χ2v) is 7.52. The molecule has 0 aliphatic rings. The van der Waals surface area contributed by atoms with Crippen molar-refractivity contribution in [3.8, 4) is 0 Å². The first-order chi connectivity index (χ1) is 13.4. The van der Waals surface area contributed by atoms with Crippen molar-refractivity contribution >= 4 is 0 Å². The Morgan fingerprint density at radius 2 is 1.56 bits per heavy atom. The molecule has 1 atom stereocenters. The lowest BCUT2D eigenvalue weighted by atomic mass is 9.92. The van der Waals surface area contributed by atoms with Crippen LogP contribution in [0.25, 0.3) is 0 Å². The third-order valence-corrected chi connectivity index (χ3v) is 5.38. The summed E-state index contributed by atoms with van der Waals surface area (Å²) in [5.74, 6) is 1.84. The van der Waals surface area contributed by atoms with Gasteiger partial charge in [-0.2, -0.15) is 0 Å². The van der Waals surface area contributed by atoms with Gasteiger partial charge >= 0.3 is 0 Å². The molecule has 2 heteroatoms. The van der Waals surface area contributed by atoms with Crippen molar-refractivity contribution in [1.29, 1.82) is 0 Å². The maximum atomic E-state index is 3.48. The first kappa shape index (κ1) is 19.4. The minimum Gasteiger partial charge on any atom is -0.248 e. The summed E-state index contributed by atoms with van der Waals surface area (Å²) in [5.41, 5.74) is 2.83. The Kier molecular flexibility index (Phi) is 7.70. The van der Waals surface area contributed by atoms with Gasteiger partial charge in [-0.25, -0.2) is 9.55 Å². The quantitative estimate of drug-likeness (QED) is 0.327. The predicted molar refractivity (Wildman–Crippen MR) is 113 cm³/mol. The van der Waals surface area contributed by atoms with Gasteiger partial charge in [-0.1, -0.05) is 93.3 Å². The van der Waals surface area contributed by atoms with E-state index >= 15 is 0 Å². The molecule has 2 nitrogen and oxygen atoms in total. The minimum absolute atomic E-state index is 0.480. The van der Waals surface area contributed by atoms with Crippen molar-refractivity contribution in [3.05, 3.63) is 90.0 Å². The number of imidazole rings is 1. The molecule has 1 unspecified atom stereocenters. The monoisotopic (exact) mass is 361 g/mol. The summed E-state index contributed by atoms with van der Waals surface area (Å²) in [4.78, 5) is 3.48. The molecule has 0 saturated carbocycles. The molecule has 3 aromatic rings. The molecule has 0 aliphatic heterocycles. The van der Waals surface area contributed by atoms with E-state index in [1.165, 1.54) is 49.1 Å². The number of hydrogen-bond donors (Lipinski definition) is 1. The SMILES string of the molecule is CCCCCCCc1[nH]cc[n+]1CC(Cc1ccccc1)c1ccccc1. The first-order valence-electron chi connectivity index (χ1n) is 10.5. The Labute approximate surface area is 164 Å². The van der Waals surface area contributed by atoms with Crippen LogP contribution in [-0.4, -0.2) is 4.98 Å². The molecule has 0 radical (unpaired) electrons. The van der Waals surface area contributed by atoms with E-state index in [0.717, 1.165) is 19.4 Å². The molecule has 27 heavy (non-hydrogen) atoms. The Hall–Kier alpha value is -2.35. The molecule has 1 N–H and O–H groups in total. The summed E-state index contributed by atoms with van der Waals surface area (Å²) >= 11 is 0. The summed E-state index contributed by atoms with van der Waals surface area (Å²) in [5, 5.41) is 0. The highest BCUT2D eigenvalue weighted by Gasteiger charge is 2.19. The number of aromatic amines is 1. The van der Waals surface area contributed by atoms with Crippen LogP contribution in [0.2, 0.25) is 0 Å². The molecule has 1 heterocycles. The van der Waals surface area contributed by atoms with E-state index in [9.17, 15) is 0 Å².